The Kier molecular flexibility index (Phi) is 2.43. The van der Waals surface area contributed by atoms with E-state index in [0.717, 1.165) is 5.69 Å². The van der Waals surface area contributed by atoms with Gasteiger partial charge in [-0.3, -0.25) is 0 Å². The molecule has 0 saturated carbocycles. The van der Waals surface area contributed by atoms with Crippen molar-refractivity contribution in [2.24, 2.45) is 0 Å². The molecular formula is C6H7N2O2S-. The second kappa shape index (κ2) is 3.34. The van der Waals surface area contributed by atoms with Crippen LogP contribution < -0.4 is 10.8 Å². The molecule has 1 rings (SSSR count). The molecular weight excluding hydrogens is 164 g/mol. The summed E-state index contributed by atoms with van der Waals surface area (Å²) in [6.07, 6.45) is 0.402. The molecule has 4 nitrogen and oxygen atoms in total. The van der Waals surface area contributed by atoms with E-state index < -0.39 is 5.97 Å². The van der Waals surface area contributed by atoms with Crippen LogP contribution in [-0.4, -0.2) is 11.0 Å². The summed E-state index contributed by atoms with van der Waals surface area (Å²) in [5.41, 5.74) is 6.05. The third kappa shape index (κ3) is 2.55. The normalized spacial score (nSPS) is 9.82. The topological polar surface area (TPSA) is 79.0 Å². The Morgan fingerprint density at radius 1 is 1.82 bits per heavy atom. The number of nitrogens with two attached hydrogens (primary N) is 1. The van der Waals surface area contributed by atoms with Crippen molar-refractivity contribution < 1.29 is 9.90 Å². The van der Waals surface area contributed by atoms with Gasteiger partial charge in [-0.15, -0.1) is 11.3 Å². The lowest BCUT2D eigenvalue weighted by atomic mass is 10.3. The third-order valence-corrected chi connectivity index (χ3v) is 1.88. The Hall–Kier alpha value is -1.10. The van der Waals surface area contributed by atoms with E-state index in [9.17, 15) is 9.90 Å². The van der Waals surface area contributed by atoms with Crippen molar-refractivity contribution in [2.45, 2.75) is 12.8 Å². The van der Waals surface area contributed by atoms with E-state index in [0.29, 0.717) is 11.6 Å². The Morgan fingerprint density at radius 3 is 3.00 bits per heavy atom. The highest BCUT2D eigenvalue weighted by Crippen LogP contribution is 2.11. The van der Waals surface area contributed by atoms with Gasteiger partial charge in [0.2, 0.25) is 0 Å². The minimum absolute atomic E-state index is 0.00315. The lowest BCUT2D eigenvalue weighted by molar-refractivity contribution is -0.305. The zero-order chi connectivity index (χ0) is 8.27. The molecule has 0 amide bonds. The molecule has 1 heterocycles. The summed E-state index contributed by atoms with van der Waals surface area (Å²) in [6, 6.07) is 0. The predicted octanol–water partition coefficient (Wildman–Crippen LogP) is -0.592. The van der Waals surface area contributed by atoms with Gasteiger partial charge in [0.15, 0.2) is 5.13 Å². The third-order valence-electron chi connectivity index (χ3n) is 1.15. The number of aliphatic carboxylic acids is 1. The van der Waals surface area contributed by atoms with Gasteiger partial charge in [-0.1, -0.05) is 0 Å². The van der Waals surface area contributed by atoms with Crippen LogP contribution in [0.3, 0.4) is 0 Å². The number of carboxylic acids is 1. The average Bonchev–Trinajstić information content (AvgIpc) is 2.31. The van der Waals surface area contributed by atoms with Crippen LogP contribution in [0.25, 0.3) is 0 Å². The van der Waals surface area contributed by atoms with Gasteiger partial charge in [-0.25, -0.2) is 4.98 Å². The number of nitrogens with zero attached hydrogens (tertiary/aromatic N) is 1. The minimum atomic E-state index is -1.06. The average molecular weight is 171 g/mol. The van der Waals surface area contributed by atoms with Gasteiger partial charge in [0.1, 0.15) is 0 Å². The Labute approximate surface area is 67.7 Å². The molecule has 0 aliphatic carbocycles. The van der Waals surface area contributed by atoms with Crippen LogP contribution in [0.15, 0.2) is 5.38 Å². The van der Waals surface area contributed by atoms with E-state index in [1.165, 1.54) is 11.3 Å². The fourth-order valence-electron chi connectivity index (χ4n) is 0.668. The summed E-state index contributed by atoms with van der Waals surface area (Å²) < 4.78 is 0. The number of hydrogen-bond donors (Lipinski definition) is 1. The molecule has 0 aliphatic heterocycles. The number of thiazole rings is 1. The second-order valence-corrected chi connectivity index (χ2v) is 2.94. The molecule has 0 saturated heterocycles. The number of rotatable bonds is 3. The summed E-state index contributed by atoms with van der Waals surface area (Å²) in [5.74, 6) is -1.06. The van der Waals surface area contributed by atoms with Crippen molar-refractivity contribution in [3.63, 3.8) is 0 Å². The summed E-state index contributed by atoms with van der Waals surface area (Å²) >= 11 is 1.31. The predicted molar refractivity (Wildman–Crippen MR) is 39.9 cm³/mol. The van der Waals surface area contributed by atoms with Gasteiger partial charge in [-0.05, 0) is 12.8 Å². The standard InChI is InChI=1S/C6H8N2O2S/c7-6-8-4(3-11-6)1-2-5(9)10/h3H,1-2H2,(H2,7,8)(H,9,10)/p-1. The molecule has 0 unspecified atom stereocenters. The van der Waals surface area contributed by atoms with Crippen molar-refractivity contribution in [2.75, 3.05) is 5.73 Å². The molecule has 5 heteroatoms. The fraction of sp³-hybridized carbons (Fsp3) is 0.333. The monoisotopic (exact) mass is 171 g/mol. The van der Waals surface area contributed by atoms with Crippen LogP contribution in [0.5, 0.6) is 0 Å². The maximum absolute atomic E-state index is 10.0. The van der Waals surface area contributed by atoms with Crippen LogP contribution in [0.1, 0.15) is 12.1 Å². The first kappa shape index (κ1) is 8.00. The number of carboxylic acid groups (broad SMARTS) is 1. The molecule has 1 aromatic heterocycles. The molecule has 0 fully saturated rings. The van der Waals surface area contributed by atoms with Crippen molar-refractivity contribution in [3.05, 3.63) is 11.1 Å². The maximum atomic E-state index is 10.0. The summed E-state index contributed by atoms with van der Waals surface area (Å²) in [7, 11) is 0. The van der Waals surface area contributed by atoms with Crippen LogP contribution in [0.2, 0.25) is 0 Å². The van der Waals surface area contributed by atoms with Gasteiger partial charge in [-0.2, -0.15) is 0 Å². The summed E-state index contributed by atoms with van der Waals surface area (Å²) in [6.45, 7) is 0. The summed E-state index contributed by atoms with van der Waals surface area (Å²) in [4.78, 5) is 13.9. The number of aryl methyl sites for hydroxylation is 1. The quantitative estimate of drug-likeness (QED) is 0.659. The Balaban J connectivity index is 2.45. The van der Waals surface area contributed by atoms with Crippen LogP contribution in [-0.2, 0) is 11.2 Å². The van der Waals surface area contributed by atoms with E-state index >= 15 is 0 Å². The molecule has 0 spiro atoms. The first-order chi connectivity index (χ1) is 5.18. The highest BCUT2D eigenvalue weighted by atomic mass is 32.1. The molecule has 11 heavy (non-hydrogen) atoms. The number of carbonyl (C=O) groups excluding carboxylic acids is 1. The number of aromatic nitrogens is 1. The van der Waals surface area contributed by atoms with Crippen LogP contribution in [0.4, 0.5) is 5.13 Å². The lowest BCUT2D eigenvalue weighted by Gasteiger charge is -1.97. The number of hydrogen-bond acceptors (Lipinski definition) is 5. The van der Waals surface area contributed by atoms with Gasteiger partial charge in [0.05, 0.1) is 5.69 Å². The molecule has 1 aromatic rings. The number of nitrogen functional groups attached to an aromatic ring is 1. The lowest BCUT2D eigenvalue weighted by Crippen LogP contribution is -2.22. The first-order valence-corrected chi connectivity index (χ1v) is 3.96. The van der Waals surface area contributed by atoms with Crippen molar-refractivity contribution >= 4 is 22.4 Å². The second-order valence-electron chi connectivity index (χ2n) is 2.05. The zero-order valence-electron chi connectivity index (χ0n) is 5.74. The Morgan fingerprint density at radius 2 is 2.55 bits per heavy atom. The van der Waals surface area contributed by atoms with E-state index in [-0.39, 0.29) is 6.42 Å². The Bertz CT molecular complexity index is 259. The van der Waals surface area contributed by atoms with E-state index in [2.05, 4.69) is 4.98 Å². The number of anilines is 1. The fourth-order valence-corrected chi connectivity index (χ4v) is 1.26. The van der Waals surface area contributed by atoms with Crippen molar-refractivity contribution in [3.8, 4) is 0 Å². The SMILES string of the molecule is Nc1nc(CCC(=O)[O-])cs1. The molecule has 0 aromatic carbocycles. The summed E-state index contributed by atoms with van der Waals surface area (Å²) in [5, 5.41) is 12.2. The molecule has 0 radical (unpaired) electrons. The van der Waals surface area contributed by atoms with Crippen LogP contribution in [0, 0.1) is 0 Å². The van der Waals surface area contributed by atoms with Crippen molar-refractivity contribution in [1.82, 2.24) is 4.98 Å². The smallest absolute Gasteiger partial charge is 0.180 e. The molecule has 0 atom stereocenters. The highest BCUT2D eigenvalue weighted by molar-refractivity contribution is 7.13. The zero-order valence-corrected chi connectivity index (χ0v) is 6.56. The molecule has 2 N–H and O–H groups in total. The molecule has 60 valence electrons. The largest absolute Gasteiger partial charge is 0.550 e. The van der Waals surface area contributed by atoms with Crippen LogP contribution >= 0.6 is 11.3 Å². The van der Waals surface area contributed by atoms with Gasteiger partial charge in [0, 0.05) is 11.3 Å². The highest BCUT2D eigenvalue weighted by Gasteiger charge is 1.97. The van der Waals surface area contributed by atoms with E-state index in [1.54, 1.807) is 5.38 Å². The van der Waals surface area contributed by atoms with Crippen molar-refractivity contribution in [1.29, 1.82) is 0 Å². The van der Waals surface area contributed by atoms with E-state index in [4.69, 9.17) is 5.73 Å². The maximum Gasteiger partial charge on any atom is 0.180 e. The number of carbonyl (C=O) groups is 1. The van der Waals surface area contributed by atoms with Gasteiger partial charge in [0.25, 0.3) is 0 Å². The minimum Gasteiger partial charge on any atom is -0.550 e. The molecule has 0 aliphatic rings. The molecule has 0 bridgehead atoms. The van der Waals surface area contributed by atoms with Gasteiger partial charge < -0.3 is 15.6 Å². The van der Waals surface area contributed by atoms with Gasteiger partial charge >= 0.3 is 0 Å². The van der Waals surface area contributed by atoms with E-state index in [1.807, 2.05) is 0 Å². The first-order valence-electron chi connectivity index (χ1n) is 3.08.